The van der Waals surface area contributed by atoms with E-state index in [0.717, 1.165) is 27.1 Å². The molecule has 2 aromatic carbocycles. The summed E-state index contributed by atoms with van der Waals surface area (Å²) in [6, 6.07) is 13.9. The number of benzene rings is 2. The highest BCUT2D eigenvalue weighted by molar-refractivity contribution is 9.10. The lowest BCUT2D eigenvalue weighted by Crippen LogP contribution is -1.87. The first-order chi connectivity index (χ1) is 8.56. The Morgan fingerprint density at radius 3 is 2.44 bits per heavy atom. The molecule has 0 bridgehead atoms. The van der Waals surface area contributed by atoms with Crippen molar-refractivity contribution in [2.24, 2.45) is 0 Å². The molecule has 0 aliphatic carbocycles. The van der Waals surface area contributed by atoms with E-state index in [0.29, 0.717) is 0 Å². The average molecular weight is 303 g/mol. The lowest BCUT2D eigenvalue weighted by atomic mass is 10.1. The molecule has 0 unspecified atom stereocenters. The van der Waals surface area contributed by atoms with Gasteiger partial charge in [-0.1, -0.05) is 34.6 Å². The smallest absolute Gasteiger partial charge is 0.128 e. The van der Waals surface area contributed by atoms with Crippen LogP contribution in [0.1, 0.15) is 18.1 Å². The molecule has 0 aromatic heterocycles. The fraction of sp³-hybridized carbons (Fsp3) is 0.125. The van der Waals surface area contributed by atoms with Gasteiger partial charge in [-0.3, -0.25) is 0 Å². The lowest BCUT2D eigenvalue weighted by molar-refractivity contribution is 0.482. The zero-order valence-corrected chi connectivity index (χ0v) is 12.1. The molecule has 0 aliphatic rings. The van der Waals surface area contributed by atoms with E-state index in [-0.39, 0.29) is 0 Å². The molecular formula is C16H15BrO. The summed E-state index contributed by atoms with van der Waals surface area (Å²) in [5, 5.41) is 0. The topological polar surface area (TPSA) is 9.23 Å². The van der Waals surface area contributed by atoms with Crippen LogP contribution in [0.25, 0.3) is 5.57 Å². The molecular weight excluding hydrogens is 288 g/mol. The van der Waals surface area contributed by atoms with Gasteiger partial charge in [-0.05, 0) is 60.9 Å². The first-order valence-electron chi connectivity index (χ1n) is 5.76. The van der Waals surface area contributed by atoms with Crippen molar-refractivity contribution in [3.05, 3.63) is 64.6 Å². The van der Waals surface area contributed by atoms with Crippen LogP contribution in [0.3, 0.4) is 0 Å². The Morgan fingerprint density at radius 2 is 1.83 bits per heavy atom. The summed E-state index contributed by atoms with van der Waals surface area (Å²) in [6.07, 6.45) is 0. The monoisotopic (exact) mass is 302 g/mol. The Hall–Kier alpha value is -1.54. The van der Waals surface area contributed by atoms with E-state index in [4.69, 9.17) is 4.74 Å². The van der Waals surface area contributed by atoms with Crippen LogP contribution in [-0.4, -0.2) is 0 Å². The van der Waals surface area contributed by atoms with E-state index in [2.05, 4.69) is 22.5 Å². The summed E-state index contributed by atoms with van der Waals surface area (Å²) in [7, 11) is 0. The molecule has 0 saturated carbocycles. The summed E-state index contributed by atoms with van der Waals surface area (Å²) in [6.45, 7) is 7.98. The Kier molecular flexibility index (Phi) is 3.87. The minimum atomic E-state index is 0.817. The number of ether oxygens (including phenoxy) is 1. The molecule has 2 heteroatoms. The third kappa shape index (κ3) is 3.02. The van der Waals surface area contributed by atoms with Crippen LogP contribution in [0.5, 0.6) is 11.5 Å². The van der Waals surface area contributed by atoms with Gasteiger partial charge in [0.1, 0.15) is 11.5 Å². The molecule has 2 aromatic rings. The van der Waals surface area contributed by atoms with Crippen molar-refractivity contribution in [3.8, 4) is 11.5 Å². The van der Waals surface area contributed by atoms with Gasteiger partial charge in [-0.15, -0.1) is 0 Å². The zero-order valence-electron chi connectivity index (χ0n) is 10.5. The van der Waals surface area contributed by atoms with E-state index in [1.165, 1.54) is 5.56 Å². The number of aryl methyl sites for hydroxylation is 1. The summed E-state index contributed by atoms with van der Waals surface area (Å²) >= 11 is 3.53. The van der Waals surface area contributed by atoms with Crippen molar-refractivity contribution in [3.63, 3.8) is 0 Å². The van der Waals surface area contributed by atoms with Gasteiger partial charge in [0, 0.05) is 4.47 Å². The molecule has 0 atom stereocenters. The molecule has 0 heterocycles. The number of hydrogen-bond donors (Lipinski definition) is 0. The Balaban J connectivity index is 2.25. The summed E-state index contributed by atoms with van der Waals surface area (Å²) < 4.78 is 6.82. The van der Waals surface area contributed by atoms with Gasteiger partial charge in [0.25, 0.3) is 0 Å². The number of halogens is 1. The molecule has 0 radical (unpaired) electrons. The quantitative estimate of drug-likeness (QED) is 0.719. The fourth-order valence-corrected chi connectivity index (χ4v) is 2.42. The molecule has 1 nitrogen and oxygen atoms in total. The predicted octanol–water partition coefficient (Wildman–Crippen LogP) is 5.58. The molecule has 2 rings (SSSR count). The minimum absolute atomic E-state index is 0.817. The highest BCUT2D eigenvalue weighted by Gasteiger charge is 2.04. The van der Waals surface area contributed by atoms with E-state index in [9.17, 15) is 0 Å². The molecule has 92 valence electrons. The van der Waals surface area contributed by atoms with Gasteiger partial charge in [-0.25, -0.2) is 0 Å². The van der Waals surface area contributed by atoms with Crippen LogP contribution in [0.4, 0.5) is 0 Å². The molecule has 0 fully saturated rings. The second-order valence-corrected chi connectivity index (χ2v) is 5.19. The normalized spacial score (nSPS) is 10.2. The highest BCUT2D eigenvalue weighted by atomic mass is 79.9. The molecule has 0 amide bonds. The predicted molar refractivity (Wildman–Crippen MR) is 80.1 cm³/mol. The largest absolute Gasteiger partial charge is 0.457 e. The van der Waals surface area contributed by atoms with E-state index in [1.807, 2.05) is 56.3 Å². The first-order valence-corrected chi connectivity index (χ1v) is 6.55. The molecule has 0 spiro atoms. The van der Waals surface area contributed by atoms with Crippen molar-refractivity contribution in [1.82, 2.24) is 0 Å². The minimum Gasteiger partial charge on any atom is -0.457 e. The maximum absolute atomic E-state index is 5.82. The number of allylic oxidation sites excluding steroid dienone is 1. The zero-order chi connectivity index (χ0) is 13.1. The van der Waals surface area contributed by atoms with Crippen molar-refractivity contribution >= 4 is 21.5 Å². The van der Waals surface area contributed by atoms with Crippen molar-refractivity contribution in [2.45, 2.75) is 13.8 Å². The third-order valence-electron chi connectivity index (χ3n) is 2.63. The molecule has 18 heavy (non-hydrogen) atoms. The van der Waals surface area contributed by atoms with Crippen LogP contribution >= 0.6 is 15.9 Å². The van der Waals surface area contributed by atoms with Gasteiger partial charge < -0.3 is 4.74 Å². The first kappa shape index (κ1) is 12.9. The van der Waals surface area contributed by atoms with Gasteiger partial charge in [0.2, 0.25) is 0 Å². The Bertz CT molecular complexity index is 587. The summed E-state index contributed by atoms with van der Waals surface area (Å²) in [5.41, 5.74) is 3.32. The van der Waals surface area contributed by atoms with E-state index < -0.39 is 0 Å². The second kappa shape index (κ2) is 5.40. The van der Waals surface area contributed by atoms with Crippen molar-refractivity contribution < 1.29 is 4.74 Å². The van der Waals surface area contributed by atoms with Crippen LogP contribution in [0.2, 0.25) is 0 Å². The molecule has 0 aliphatic heterocycles. The Morgan fingerprint density at radius 1 is 1.11 bits per heavy atom. The second-order valence-electron chi connectivity index (χ2n) is 4.34. The van der Waals surface area contributed by atoms with Gasteiger partial charge in [0.15, 0.2) is 0 Å². The van der Waals surface area contributed by atoms with Crippen LogP contribution in [0.15, 0.2) is 53.5 Å². The van der Waals surface area contributed by atoms with E-state index in [1.54, 1.807) is 0 Å². The molecule has 0 saturated heterocycles. The maximum Gasteiger partial charge on any atom is 0.128 e. The highest BCUT2D eigenvalue weighted by Crippen LogP contribution is 2.30. The van der Waals surface area contributed by atoms with Crippen molar-refractivity contribution in [2.75, 3.05) is 0 Å². The SMILES string of the molecule is C=C(C)c1ccc(Oc2cccc(C)c2)cc1Br. The number of hydrogen-bond acceptors (Lipinski definition) is 1. The summed E-state index contributed by atoms with van der Waals surface area (Å²) in [5.74, 6) is 1.67. The molecule has 0 N–H and O–H groups in total. The average Bonchev–Trinajstić information content (AvgIpc) is 2.28. The fourth-order valence-electron chi connectivity index (χ4n) is 1.72. The van der Waals surface area contributed by atoms with E-state index >= 15 is 0 Å². The van der Waals surface area contributed by atoms with Crippen molar-refractivity contribution in [1.29, 1.82) is 0 Å². The third-order valence-corrected chi connectivity index (χ3v) is 3.28. The van der Waals surface area contributed by atoms with Gasteiger partial charge in [-0.2, -0.15) is 0 Å². The summed E-state index contributed by atoms with van der Waals surface area (Å²) in [4.78, 5) is 0. The van der Waals surface area contributed by atoms with Crippen LogP contribution in [0, 0.1) is 6.92 Å². The van der Waals surface area contributed by atoms with Gasteiger partial charge in [0.05, 0.1) is 0 Å². The Labute approximate surface area is 116 Å². The standard InChI is InChI=1S/C16H15BrO/c1-11(2)15-8-7-14(10-16(15)17)18-13-6-4-5-12(3)9-13/h4-10H,1H2,2-3H3. The van der Waals surface area contributed by atoms with Gasteiger partial charge >= 0.3 is 0 Å². The number of rotatable bonds is 3. The van der Waals surface area contributed by atoms with Crippen LogP contribution < -0.4 is 4.74 Å². The lowest BCUT2D eigenvalue weighted by Gasteiger charge is -2.09. The maximum atomic E-state index is 5.82. The van der Waals surface area contributed by atoms with Crippen LogP contribution in [-0.2, 0) is 0 Å².